The fourth-order valence-electron chi connectivity index (χ4n) is 2.16. The van der Waals surface area contributed by atoms with Gasteiger partial charge in [0.1, 0.15) is 0 Å². The minimum atomic E-state index is 0.889. The molecule has 0 aromatic heterocycles. The summed E-state index contributed by atoms with van der Waals surface area (Å²) in [7, 11) is 0. The molecule has 0 N–H and O–H groups in total. The zero-order chi connectivity index (χ0) is 4.48. The van der Waals surface area contributed by atoms with Crippen molar-refractivity contribution < 1.29 is 0 Å². The van der Waals surface area contributed by atoms with Crippen molar-refractivity contribution in [2.45, 2.75) is 19.3 Å². The highest BCUT2D eigenvalue weighted by atomic mass is 14.7. The summed E-state index contributed by atoms with van der Waals surface area (Å²) in [6.45, 7) is 0. The van der Waals surface area contributed by atoms with Crippen LogP contribution in [0, 0.1) is 11.3 Å². The molecule has 7 heavy (non-hydrogen) atoms. The topological polar surface area (TPSA) is 0 Å². The molecular weight excluding hydrogens is 84.1 g/mol. The molecule has 0 radical (unpaired) electrons. The van der Waals surface area contributed by atoms with Crippen LogP contribution in [0.1, 0.15) is 19.3 Å². The van der Waals surface area contributed by atoms with Crippen LogP contribution in [0.4, 0.5) is 0 Å². The van der Waals surface area contributed by atoms with E-state index in [0.29, 0.717) is 0 Å². The van der Waals surface area contributed by atoms with E-state index in [9.17, 15) is 0 Å². The van der Waals surface area contributed by atoms with E-state index in [1.807, 2.05) is 0 Å². The molecule has 1 spiro atoms. The van der Waals surface area contributed by atoms with Gasteiger partial charge in [0, 0.05) is 0 Å². The summed E-state index contributed by atoms with van der Waals surface area (Å²) in [6.07, 6.45) is 6.92. The molecule has 0 amide bonds. The van der Waals surface area contributed by atoms with Crippen LogP contribution in [0.15, 0.2) is 11.6 Å². The monoisotopic (exact) mass is 92.1 g/mol. The molecule has 0 aromatic rings. The van der Waals surface area contributed by atoms with E-state index in [4.69, 9.17) is 0 Å². The number of hydrogen-bond acceptors (Lipinski definition) is 0. The van der Waals surface area contributed by atoms with Gasteiger partial charge in [0.2, 0.25) is 0 Å². The average Bonchev–Trinajstić information content (AvgIpc) is 2.49. The van der Waals surface area contributed by atoms with Crippen molar-refractivity contribution in [2.75, 3.05) is 0 Å². The predicted octanol–water partition coefficient (Wildman–Crippen LogP) is 1.73. The molecule has 0 nitrogen and oxygen atoms in total. The first-order valence-electron chi connectivity index (χ1n) is 3.11. The lowest BCUT2D eigenvalue weighted by atomic mass is 10.3. The fraction of sp³-hybridized carbons (Fsp3) is 0.714. The van der Waals surface area contributed by atoms with E-state index in [2.05, 4.69) is 6.08 Å². The lowest BCUT2D eigenvalue weighted by molar-refractivity contribution is 0.766. The summed E-state index contributed by atoms with van der Waals surface area (Å²) in [6, 6.07) is 0. The molecule has 3 aliphatic rings. The Morgan fingerprint density at radius 3 is 2.86 bits per heavy atom. The lowest BCUT2D eigenvalue weighted by Crippen LogP contribution is -1.68. The molecule has 0 aliphatic heterocycles. The second kappa shape index (κ2) is 0.521. The molecule has 2 atom stereocenters. The highest BCUT2D eigenvalue weighted by Crippen LogP contribution is 2.79. The van der Waals surface area contributed by atoms with Crippen molar-refractivity contribution in [3.05, 3.63) is 11.6 Å². The predicted molar refractivity (Wildman–Crippen MR) is 27.9 cm³/mol. The number of allylic oxidation sites excluding steroid dienone is 2. The second-order valence-electron chi connectivity index (χ2n) is 3.20. The summed E-state index contributed by atoms with van der Waals surface area (Å²) >= 11 is 0. The van der Waals surface area contributed by atoms with Gasteiger partial charge in [0.05, 0.1) is 0 Å². The Morgan fingerprint density at radius 2 is 2.71 bits per heavy atom. The molecule has 0 heterocycles. The minimum absolute atomic E-state index is 0.889. The Morgan fingerprint density at radius 1 is 1.71 bits per heavy atom. The first kappa shape index (κ1) is 2.91. The minimum Gasteiger partial charge on any atom is -0.0844 e. The van der Waals surface area contributed by atoms with Crippen LogP contribution in [0.5, 0.6) is 0 Å². The summed E-state index contributed by atoms with van der Waals surface area (Å²) in [5, 5.41) is 0. The van der Waals surface area contributed by atoms with E-state index >= 15 is 0 Å². The van der Waals surface area contributed by atoms with Crippen LogP contribution >= 0.6 is 0 Å². The van der Waals surface area contributed by atoms with Crippen molar-refractivity contribution in [1.82, 2.24) is 0 Å². The van der Waals surface area contributed by atoms with Gasteiger partial charge < -0.3 is 0 Å². The third-order valence-electron chi connectivity index (χ3n) is 2.90. The Balaban J connectivity index is 2.30. The fourth-order valence-corrected chi connectivity index (χ4v) is 2.16. The quantitative estimate of drug-likeness (QED) is 0.399. The number of rotatable bonds is 0. The van der Waals surface area contributed by atoms with Crippen molar-refractivity contribution in [1.29, 1.82) is 0 Å². The molecule has 0 heteroatoms. The molecule has 36 valence electrons. The van der Waals surface area contributed by atoms with E-state index in [-0.39, 0.29) is 0 Å². The van der Waals surface area contributed by atoms with E-state index < -0.39 is 0 Å². The van der Waals surface area contributed by atoms with E-state index in [0.717, 1.165) is 11.3 Å². The number of hydrogen-bond donors (Lipinski definition) is 0. The molecule has 0 saturated heterocycles. The molecule has 2 fully saturated rings. The van der Waals surface area contributed by atoms with Gasteiger partial charge >= 0.3 is 0 Å². The molecule has 2 saturated carbocycles. The summed E-state index contributed by atoms with van der Waals surface area (Å²) in [4.78, 5) is 0. The first-order chi connectivity index (χ1) is 3.42. The van der Waals surface area contributed by atoms with Crippen LogP contribution in [-0.2, 0) is 0 Å². The third kappa shape index (κ3) is 0.155. The molecule has 0 bridgehead atoms. The van der Waals surface area contributed by atoms with Crippen molar-refractivity contribution in [3.63, 3.8) is 0 Å². The van der Waals surface area contributed by atoms with Crippen LogP contribution in [0.3, 0.4) is 0 Å². The summed E-state index contributed by atoms with van der Waals surface area (Å²) in [5.41, 5.74) is 2.69. The van der Waals surface area contributed by atoms with Crippen LogP contribution in [-0.4, -0.2) is 0 Å². The summed E-state index contributed by atoms with van der Waals surface area (Å²) in [5.74, 6) is 1.14. The highest BCUT2D eigenvalue weighted by molar-refractivity contribution is 5.47. The molecule has 0 aromatic carbocycles. The van der Waals surface area contributed by atoms with Crippen LogP contribution < -0.4 is 0 Å². The van der Waals surface area contributed by atoms with Gasteiger partial charge in [0.15, 0.2) is 0 Å². The maximum absolute atomic E-state index is 2.45. The van der Waals surface area contributed by atoms with Crippen molar-refractivity contribution >= 4 is 0 Å². The first-order valence-corrected chi connectivity index (χ1v) is 3.11. The average molecular weight is 92.1 g/mol. The smallest absolute Gasteiger partial charge is 0.00159 e. The Labute approximate surface area is 43.2 Å². The van der Waals surface area contributed by atoms with Gasteiger partial charge in [-0.25, -0.2) is 0 Å². The maximum Gasteiger partial charge on any atom is -0.00159 e. The second-order valence-corrected chi connectivity index (χ2v) is 3.20. The Hall–Kier alpha value is -0.260. The largest absolute Gasteiger partial charge is 0.0844 e. The van der Waals surface area contributed by atoms with Gasteiger partial charge in [-0.2, -0.15) is 0 Å². The summed E-state index contributed by atoms with van der Waals surface area (Å²) < 4.78 is 0. The Bertz CT molecular complexity index is 167. The van der Waals surface area contributed by atoms with Crippen molar-refractivity contribution in [2.24, 2.45) is 11.3 Å². The zero-order valence-corrected chi connectivity index (χ0v) is 4.28. The van der Waals surface area contributed by atoms with Gasteiger partial charge in [-0.1, -0.05) is 11.6 Å². The van der Waals surface area contributed by atoms with Crippen molar-refractivity contribution in [3.8, 4) is 0 Å². The standard InChI is InChI=1S/C7H8/c1-2-6-4-7(6)3-5(1)7/h1,6H,2-4H2. The van der Waals surface area contributed by atoms with Gasteiger partial charge in [-0.15, -0.1) is 0 Å². The molecule has 3 rings (SSSR count). The van der Waals surface area contributed by atoms with Crippen LogP contribution in [0.25, 0.3) is 0 Å². The van der Waals surface area contributed by atoms with E-state index in [1.54, 1.807) is 12.0 Å². The van der Waals surface area contributed by atoms with Gasteiger partial charge in [-0.05, 0) is 30.6 Å². The molecule has 3 aliphatic carbocycles. The molecule has 2 unspecified atom stereocenters. The highest BCUT2D eigenvalue weighted by Gasteiger charge is 2.68. The van der Waals surface area contributed by atoms with Gasteiger partial charge in [0.25, 0.3) is 0 Å². The maximum atomic E-state index is 2.45. The SMILES string of the molecule is C1=C2CC23CC3C1. The normalized spacial score (nSPS) is 60.6. The lowest BCUT2D eigenvalue weighted by Gasteiger charge is -1.77. The molecular formula is C7H8. The zero-order valence-electron chi connectivity index (χ0n) is 4.28. The van der Waals surface area contributed by atoms with E-state index in [1.165, 1.54) is 12.8 Å². The van der Waals surface area contributed by atoms with Gasteiger partial charge in [-0.3, -0.25) is 0 Å². The third-order valence-corrected chi connectivity index (χ3v) is 2.90. The van der Waals surface area contributed by atoms with Crippen LogP contribution in [0.2, 0.25) is 0 Å². The Kier molecular flexibility index (Phi) is 0.216.